The Kier molecular flexibility index (Phi) is 6.51. The Hall–Kier alpha value is -1.97. The summed E-state index contributed by atoms with van der Waals surface area (Å²) in [5.41, 5.74) is 2.68. The molecule has 1 aromatic heterocycles. The number of benzene rings is 1. The van der Waals surface area contributed by atoms with Crippen molar-refractivity contribution in [3.05, 3.63) is 29.5 Å². The Morgan fingerprint density at radius 1 is 1.20 bits per heavy atom. The first-order valence-corrected chi connectivity index (χ1v) is 9.35. The molecule has 1 heterocycles. The fourth-order valence-electron chi connectivity index (χ4n) is 3.29. The largest absolute Gasteiger partial charge is 0.491 e. The van der Waals surface area contributed by atoms with Crippen molar-refractivity contribution in [2.75, 3.05) is 6.61 Å². The molecule has 0 aliphatic rings. The lowest BCUT2D eigenvalue weighted by Gasteiger charge is -2.14. The third kappa shape index (κ3) is 4.36. The predicted octanol–water partition coefficient (Wildman–Crippen LogP) is 5.35. The van der Waals surface area contributed by atoms with Gasteiger partial charge in [-0.05, 0) is 51.3 Å². The van der Waals surface area contributed by atoms with Crippen molar-refractivity contribution in [1.82, 2.24) is 4.57 Å². The monoisotopic (exact) mass is 345 g/mol. The molecule has 4 nitrogen and oxygen atoms in total. The summed E-state index contributed by atoms with van der Waals surface area (Å²) in [7, 11) is 0. The smallest absolute Gasteiger partial charge is 0.340 e. The maximum Gasteiger partial charge on any atom is 0.340 e. The van der Waals surface area contributed by atoms with Gasteiger partial charge in [0.15, 0.2) is 0 Å². The standard InChI is InChI=1S/C21H31NO3/c1-7-9-15(5)25-17-10-11-19-18(12-17)20(21(23)24-8-2)16(6)22(19)13-14(3)4/h10-12,14-15H,7-9,13H2,1-6H3. The lowest BCUT2D eigenvalue weighted by molar-refractivity contribution is 0.0527. The summed E-state index contributed by atoms with van der Waals surface area (Å²) in [5.74, 6) is 1.04. The highest BCUT2D eigenvalue weighted by Gasteiger charge is 2.22. The van der Waals surface area contributed by atoms with E-state index in [0.29, 0.717) is 18.1 Å². The maximum atomic E-state index is 12.5. The van der Waals surface area contributed by atoms with E-state index in [1.54, 1.807) is 0 Å². The van der Waals surface area contributed by atoms with Gasteiger partial charge in [-0.3, -0.25) is 0 Å². The van der Waals surface area contributed by atoms with Gasteiger partial charge in [0.05, 0.1) is 18.3 Å². The topological polar surface area (TPSA) is 40.5 Å². The van der Waals surface area contributed by atoms with Crippen LogP contribution in [0.15, 0.2) is 18.2 Å². The van der Waals surface area contributed by atoms with Crippen LogP contribution in [0.3, 0.4) is 0 Å². The van der Waals surface area contributed by atoms with E-state index in [0.717, 1.165) is 41.7 Å². The quantitative estimate of drug-likeness (QED) is 0.606. The van der Waals surface area contributed by atoms with Crippen LogP contribution in [0, 0.1) is 12.8 Å². The molecule has 1 atom stereocenters. The minimum absolute atomic E-state index is 0.160. The van der Waals surface area contributed by atoms with E-state index in [1.807, 2.05) is 26.0 Å². The number of ether oxygens (including phenoxy) is 2. The summed E-state index contributed by atoms with van der Waals surface area (Å²) < 4.78 is 13.5. The molecular formula is C21H31NO3. The summed E-state index contributed by atoms with van der Waals surface area (Å²) >= 11 is 0. The molecule has 0 saturated heterocycles. The lowest BCUT2D eigenvalue weighted by atomic mass is 10.1. The van der Waals surface area contributed by atoms with Gasteiger partial charge in [0, 0.05) is 23.1 Å². The van der Waals surface area contributed by atoms with Gasteiger partial charge in [0.25, 0.3) is 0 Å². The van der Waals surface area contributed by atoms with Gasteiger partial charge in [-0.1, -0.05) is 27.2 Å². The molecule has 0 N–H and O–H groups in total. The SMILES string of the molecule is CCCC(C)Oc1ccc2c(c1)c(C(=O)OCC)c(C)n2CC(C)C. The minimum atomic E-state index is -0.258. The average Bonchev–Trinajstić information content (AvgIpc) is 2.79. The molecule has 1 aromatic carbocycles. The molecule has 0 fully saturated rings. The molecule has 0 saturated carbocycles. The number of carbonyl (C=O) groups excluding carboxylic acids is 1. The van der Waals surface area contributed by atoms with E-state index in [-0.39, 0.29) is 12.1 Å². The molecule has 0 aliphatic carbocycles. The molecule has 0 amide bonds. The molecule has 25 heavy (non-hydrogen) atoms. The Morgan fingerprint density at radius 3 is 2.52 bits per heavy atom. The summed E-state index contributed by atoms with van der Waals surface area (Å²) in [6, 6.07) is 6.04. The van der Waals surface area contributed by atoms with Crippen molar-refractivity contribution < 1.29 is 14.3 Å². The molecule has 0 radical (unpaired) electrons. The molecule has 0 aliphatic heterocycles. The molecule has 1 unspecified atom stereocenters. The van der Waals surface area contributed by atoms with Gasteiger partial charge in [0.1, 0.15) is 5.75 Å². The van der Waals surface area contributed by atoms with Crippen molar-refractivity contribution in [1.29, 1.82) is 0 Å². The molecule has 4 heteroatoms. The van der Waals surface area contributed by atoms with E-state index in [2.05, 4.69) is 38.3 Å². The van der Waals surface area contributed by atoms with Crippen LogP contribution in [-0.2, 0) is 11.3 Å². The first-order valence-electron chi connectivity index (χ1n) is 9.35. The fraction of sp³-hybridized carbons (Fsp3) is 0.571. The van der Waals surface area contributed by atoms with Crippen molar-refractivity contribution in [2.24, 2.45) is 5.92 Å². The Labute approximate surface area is 151 Å². The molecule has 2 rings (SSSR count). The van der Waals surface area contributed by atoms with Gasteiger partial charge in [-0.25, -0.2) is 4.79 Å². The number of hydrogen-bond donors (Lipinski definition) is 0. The zero-order chi connectivity index (χ0) is 18.6. The maximum absolute atomic E-state index is 12.5. The van der Waals surface area contributed by atoms with Crippen LogP contribution in [0.1, 0.15) is 63.5 Å². The average molecular weight is 345 g/mol. The van der Waals surface area contributed by atoms with Crippen LogP contribution in [0.2, 0.25) is 0 Å². The van der Waals surface area contributed by atoms with E-state index < -0.39 is 0 Å². The van der Waals surface area contributed by atoms with Crippen LogP contribution >= 0.6 is 0 Å². The van der Waals surface area contributed by atoms with Gasteiger partial charge in [0.2, 0.25) is 0 Å². The second-order valence-electron chi connectivity index (χ2n) is 7.08. The van der Waals surface area contributed by atoms with Gasteiger partial charge < -0.3 is 14.0 Å². The van der Waals surface area contributed by atoms with Crippen molar-refractivity contribution in [3.8, 4) is 5.75 Å². The van der Waals surface area contributed by atoms with Crippen LogP contribution < -0.4 is 4.74 Å². The van der Waals surface area contributed by atoms with E-state index in [1.165, 1.54) is 0 Å². The van der Waals surface area contributed by atoms with Crippen molar-refractivity contribution in [3.63, 3.8) is 0 Å². The van der Waals surface area contributed by atoms with E-state index in [9.17, 15) is 4.79 Å². The fourth-order valence-corrected chi connectivity index (χ4v) is 3.29. The summed E-state index contributed by atoms with van der Waals surface area (Å²) in [6.07, 6.45) is 2.25. The van der Waals surface area contributed by atoms with Gasteiger partial charge in [-0.2, -0.15) is 0 Å². The van der Waals surface area contributed by atoms with Crippen LogP contribution in [0.4, 0.5) is 0 Å². The summed E-state index contributed by atoms with van der Waals surface area (Å²) in [5, 5.41) is 0.915. The summed E-state index contributed by atoms with van der Waals surface area (Å²) in [4.78, 5) is 12.5. The second-order valence-corrected chi connectivity index (χ2v) is 7.08. The Balaban J connectivity index is 2.53. The first kappa shape index (κ1) is 19.4. The van der Waals surface area contributed by atoms with Gasteiger partial charge in [-0.15, -0.1) is 0 Å². The molecule has 0 spiro atoms. The highest BCUT2D eigenvalue weighted by Crippen LogP contribution is 2.31. The Morgan fingerprint density at radius 2 is 1.92 bits per heavy atom. The van der Waals surface area contributed by atoms with Crippen LogP contribution in [0.25, 0.3) is 10.9 Å². The third-order valence-electron chi connectivity index (χ3n) is 4.35. The summed E-state index contributed by atoms with van der Waals surface area (Å²) in [6.45, 7) is 13.7. The highest BCUT2D eigenvalue weighted by atomic mass is 16.5. The zero-order valence-corrected chi connectivity index (χ0v) is 16.4. The number of hydrogen-bond acceptors (Lipinski definition) is 3. The highest BCUT2D eigenvalue weighted by molar-refractivity contribution is 6.06. The van der Waals surface area contributed by atoms with Crippen LogP contribution in [0.5, 0.6) is 5.75 Å². The number of esters is 1. The third-order valence-corrected chi connectivity index (χ3v) is 4.35. The van der Waals surface area contributed by atoms with E-state index >= 15 is 0 Å². The Bertz CT molecular complexity index is 730. The minimum Gasteiger partial charge on any atom is -0.491 e. The normalized spacial score (nSPS) is 12.6. The van der Waals surface area contributed by atoms with E-state index in [4.69, 9.17) is 9.47 Å². The van der Waals surface area contributed by atoms with Crippen molar-refractivity contribution >= 4 is 16.9 Å². The first-order chi connectivity index (χ1) is 11.9. The number of aromatic nitrogens is 1. The number of nitrogens with zero attached hydrogens (tertiary/aromatic N) is 1. The molecule has 0 bridgehead atoms. The molecular weight excluding hydrogens is 314 g/mol. The molecule has 2 aromatic rings. The van der Waals surface area contributed by atoms with Crippen molar-refractivity contribution in [2.45, 2.75) is 67.0 Å². The molecule has 138 valence electrons. The van der Waals surface area contributed by atoms with Crippen LogP contribution in [-0.4, -0.2) is 23.2 Å². The number of carbonyl (C=O) groups is 1. The number of fused-ring (bicyclic) bond motifs is 1. The number of rotatable bonds is 8. The lowest BCUT2D eigenvalue weighted by Crippen LogP contribution is -2.11. The van der Waals surface area contributed by atoms with Gasteiger partial charge >= 0.3 is 5.97 Å². The zero-order valence-electron chi connectivity index (χ0n) is 16.4. The predicted molar refractivity (Wildman–Crippen MR) is 102 cm³/mol. The second kappa shape index (κ2) is 8.41.